The van der Waals surface area contributed by atoms with Gasteiger partial charge in [-0.3, -0.25) is 0 Å². The van der Waals surface area contributed by atoms with E-state index in [0.29, 0.717) is 22.5 Å². The first kappa shape index (κ1) is 26.5. The lowest BCUT2D eigenvalue weighted by Crippen LogP contribution is -2.39. The first-order valence-corrected chi connectivity index (χ1v) is 13.8. The highest BCUT2D eigenvalue weighted by Crippen LogP contribution is 2.45. The second-order valence-electron chi connectivity index (χ2n) is 11.3. The van der Waals surface area contributed by atoms with Gasteiger partial charge in [-0.15, -0.1) is 0 Å². The van der Waals surface area contributed by atoms with Crippen LogP contribution in [0.25, 0.3) is 44.2 Å². The number of nitrogens with zero attached hydrogens (tertiary/aromatic N) is 1. The third-order valence-corrected chi connectivity index (χ3v) is 7.47. The Morgan fingerprint density at radius 1 is 0.488 bits per heavy atom. The molecule has 3 heteroatoms. The van der Waals surface area contributed by atoms with Crippen molar-refractivity contribution >= 4 is 22.1 Å². The van der Waals surface area contributed by atoms with Crippen molar-refractivity contribution < 1.29 is 8.78 Å². The molecule has 0 unspecified atom stereocenters. The van der Waals surface area contributed by atoms with E-state index < -0.39 is 11.4 Å². The summed E-state index contributed by atoms with van der Waals surface area (Å²) in [6.45, 7) is 5.92. The van der Waals surface area contributed by atoms with Crippen LogP contribution in [0, 0.1) is 11.6 Å². The summed E-state index contributed by atoms with van der Waals surface area (Å²) in [5, 5.41) is 2.38. The molecule has 0 saturated carbocycles. The monoisotopic (exact) mass is 539 g/mol. The maximum atomic E-state index is 16.8. The SMILES string of the molecule is CC(C)(C)N(c1ccccc1F)c1c(-c2ccc(-c3ccc4ccccc4c3)cc2)ccc(-c2ccccc2)c1F. The first-order valence-electron chi connectivity index (χ1n) is 13.8. The van der Waals surface area contributed by atoms with E-state index in [0.717, 1.165) is 22.3 Å². The lowest BCUT2D eigenvalue weighted by atomic mass is 9.92. The van der Waals surface area contributed by atoms with Gasteiger partial charge in [0.05, 0.1) is 11.4 Å². The van der Waals surface area contributed by atoms with Gasteiger partial charge in [-0.1, -0.05) is 115 Å². The predicted molar refractivity (Wildman–Crippen MR) is 169 cm³/mol. The van der Waals surface area contributed by atoms with Gasteiger partial charge in [-0.25, -0.2) is 8.78 Å². The zero-order chi connectivity index (χ0) is 28.6. The van der Waals surface area contributed by atoms with Crippen LogP contribution in [-0.2, 0) is 0 Å². The van der Waals surface area contributed by atoms with E-state index in [1.54, 1.807) is 23.1 Å². The van der Waals surface area contributed by atoms with E-state index in [2.05, 4.69) is 42.5 Å². The van der Waals surface area contributed by atoms with Crippen LogP contribution in [0.3, 0.4) is 0 Å². The highest BCUT2D eigenvalue weighted by atomic mass is 19.1. The summed E-state index contributed by atoms with van der Waals surface area (Å²) in [5.74, 6) is -0.782. The molecule has 202 valence electrons. The molecule has 1 nitrogen and oxygen atoms in total. The van der Waals surface area contributed by atoms with Gasteiger partial charge in [0.2, 0.25) is 0 Å². The van der Waals surface area contributed by atoms with Crippen LogP contribution in [0.1, 0.15) is 20.8 Å². The Bertz CT molecular complexity index is 1830. The van der Waals surface area contributed by atoms with Gasteiger partial charge < -0.3 is 4.90 Å². The van der Waals surface area contributed by atoms with E-state index in [4.69, 9.17) is 0 Å². The van der Waals surface area contributed by atoms with Gasteiger partial charge >= 0.3 is 0 Å². The second kappa shape index (κ2) is 10.7. The van der Waals surface area contributed by atoms with Crippen molar-refractivity contribution in [3.63, 3.8) is 0 Å². The fourth-order valence-electron chi connectivity index (χ4n) is 5.52. The molecule has 0 aromatic heterocycles. The molecule has 0 aliphatic carbocycles. The molecule has 0 spiro atoms. The van der Waals surface area contributed by atoms with Crippen molar-refractivity contribution in [2.24, 2.45) is 0 Å². The summed E-state index contributed by atoms with van der Waals surface area (Å²) in [6, 6.07) is 42.7. The molecule has 0 N–H and O–H groups in total. The van der Waals surface area contributed by atoms with E-state index in [1.165, 1.54) is 16.8 Å². The minimum absolute atomic E-state index is 0.332. The number of benzene rings is 6. The Morgan fingerprint density at radius 2 is 1.05 bits per heavy atom. The number of para-hydroxylation sites is 1. The van der Waals surface area contributed by atoms with Gasteiger partial charge in [0.1, 0.15) is 5.82 Å². The molecule has 0 aliphatic heterocycles. The summed E-state index contributed by atoms with van der Waals surface area (Å²) in [4.78, 5) is 1.79. The minimum Gasteiger partial charge on any atom is -0.331 e. The van der Waals surface area contributed by atoms with Gasteiger partial charge in [-0.2, -0.15) is 0 Å². The molecule has 41 heavy (non-hydrogen) atoms. The van der Waals surface area contributed by atoms with Gasteiger partial charge in [0, 0.05) is 16.7 Å². The Morgan fingerprint density at radius 3 is 1.76 bits per heavy atom. The summed E-state index contributed by atoms with van der Waals surface area (Å²) in [6.07, 6.45) is 0. The molecule has 0 fully saturated rings. The van der Waals surface area contributed by atoms with Crippen LogP contribution in [0.15, 0.2) is 133 Å². The standard InChI is InChI=1S/C38H31F2N/c1-38(2,3)41(35-16-10-9-15-34(35)39)37-33(24-23-32(36(37)40)28-12-5-4-6-13-28)29-20-17-27(18-21-29)31-22-19-26-11-7-8-14-30(26)25-31/h4-25H,1-3H3. The number of halogens is 2. The zero-order valence-electron chi connectivity index (χ0n) is 23.4. The van der Waals surface area contributed by atoms with Crippen LogP contribution in [0.2, 0.25) is 0 Å². The Hall–Kier alpha value is -4.76. The van der Waals surface area contributed by atoms with E-state index in [-0.39, 0.29) is 5.82 Å². The summed E-state index contributed by atoms with van der Waals surface area (Å²) in [7, 11) is 0. The molecular formula is C38H31F2N. The third kappa shape index (κ3) is 5.12. The van der Waals surface area contributed by atoms with Gasteiger partial charge in [-0.05, 0) is 72.0 Å². The molecule has 0 saturated heterocycles. The number of anilines is 2. The fraction of sp³-hybridized carbons (Fsp3) is 0.105. The predicted octanol–water partition coefficient (Wildman–Crippen LogP) is 11.1. The Labute approximate surface area is 240 Å². The summed E-state index contributed by atoms with van der Waals surface area (Å²) in [5.41, 5.74) is 5.04. The first-order chi connectivity index (χ1) is 19.8. The molecule has 0 amide bonds. The smallest absolute Gasteiger partial charge is 0.155 e. The normalized spacial score (nSPS) is 11.5. The molecule has 0 bridgehead atoms. The van der Waals surface area contributed by atoms with Crippen molar-refractivity contribution in [1.82, 2.24) is 0 Å². The third-order valence-electron chi connectivity index (χ3n) is 7.47. The molecule has 0 aliphatic rings. The summed E-state index contributed by atoms with van der Waals surface area (Å²) >= 11 is 0. The topological polar surface area (TPSA) is 3.24 Å². The molecular weight excluding hydrogens is 508 g/mol. The lowest BCUT2D eigenvalue weighted by Gasteiger charge is -2.39. The van der Waals surface area contributed by atoms with Crippen molar-refractivity contribution in [3.8, 4) is 33.4 Å². The minimum atomic E-state index is -0.627. The quantitative estimate of drug-likeness (QED) is 0.211. The zero-order valence-corrected chi connectivity index (χ0v) is 23.4. The van der Waals surface area contributed by atoms with Gasteiger partial charge in [0.15, 0.2) is 5.82 Å². The molecule has 6 rings (SSSR count). The number of hydrogen-bond acceptors (Lipinski definition) is 1. The number of hydrogen-bond donors (Lipinski definition) is 0. The average Bonchev–Trinajstić information content (AvgIpc) is 2.99. The van der Waals surface area contributed by atoms with Crippen LogP contribution < -0.4 is 4.90 Å². The maximum absolute atomic E-state index is 16.8. The molecule has 0 atom stereocenters. The fourth-order valence-corrected chi connectivity index (χ4v) is 5.52. The molecule has 6 aromatic carbocycles. The highest BCUT2D eigenvalue weighted by molar-refractivity contribution is 5.90. The second-order valence-corrected chi connectivity index (χ2v) is 11.3. The van der Waals surface area contributed by atoms with Gasteiger partial charge in [0.25, 0.3) is 0 Å². The van der Waals surface area contributed by atoms with Crippen molar-refractivity contribution in [3.05, 3.63) is 145 Å². The van der Waals surface area contributed by atoms with Crippen LogP contribution in [-0.4, -0.2) is 5.54 Å². The Kier molecular flexibility index (Phi) is 6.88. The van der Waals surface area contributed by atoms with E-state index >= 15 is 8.78 Å². The molecule has 0 radical (unpaired) electrons. The average molecular weight is 540 g/mol. The van der Waals surface area contributed by atoms with E-state index in [1.807, 2.05) is 87.5 Å². The molecule has 0 heterocycles. The van der Waals surface area contributed by atoms with Crippen LogP contribution in [0.5, 0.6) is 0 Å². The van der Waals surface area contributed by atoms with Crippen LogP contribution >= 0.6 is 0 Å². The highest BCUT2D eigenvalue weighted by Gasteiger charge is 2.31. The van der Waals surface area contributed by atoms with E-state index in [9.17, 15) is 0 Å². The number of fused-ring (bicyclic) bond motifs is 1. The molecule has 6 aromatic rings. The van der Waals surface area contributed by atoms with Crippen LogP contribution in [0.4, 0.5) is 20.2 Å². The maximum Gasteiger partial charge on any atom is 0.155 e. The van der Waals surface area contributed by atoms with Crippen molar-refractivity contribution in [2.45, 2.75) is 26.3 Å². The van der Waals surface area contributed by atoms with Crippen molar-refractivity contribution in [1.29, 1.82) is 0 Å². The Balaban J connectivity index is 1.53. The largest absolute Gasteiger partial charge is 0.331 e. The van der Waals surface area contributed by atoms with Crippen molar-refractivity contribution in [2.75, 3.05) is 4.90 Å². The lowest BCUT2D eigenvalue weighted by molar-refractivity contribution is 0.528. The summed E-state index contributed by atoms with van der Waals surface area (Å²) < 4.78 is 32.2. The number of rotatable bonds is 5.